The fourth-order valence-corrected chi connectivity index (χ4v) is 2.24. The third-order valence-corrected chi connectivity index (χ3v) is 2.93. The summed E-state index contributed by atoms with van der Waals surface area (Å²) in [4.78, 5) is 4.60. The molecule has 0 spiro atoms. The van der Waals surface area contributed by atoms with Crippen molar-refractivity contribution in [1.82, 2.24) is 4.98 Å². The van der Waals surface area contributed by atoms with Crippen molar-refractivity contribution in [1.29, 1.82) is 0 Å². The summed E-state index contributed by atoms with van der Waals surface area (Å²) in [7, 11) is 0. The minimum Gasteiger partial charge on any atom is -0.399 e. The first-order valence-corrected chi connectivity index (χ1v) is 6.47. The van der Waals surface area contributed by atoms with Crippen molar-refractivity contribution in [3.8, 4) is 0 Å². The molecule has 96 valence electrons. The Kier molecular flexibility index (Phi) is 3.70. The summed E-state index contributed by atoms with van der Waals surface area (Å²) >= 11 is 0. The first-order chi connectivity index (χ1) is 8.54. The van der Waals surface area contributed by atoms with E-state index in [9.17, 15) is 0 Å². The van der Waals surface area contributed by atoms with Crippen LogP contribution in [0.3, 0.4) is 0 Å². The topological polar surface area (TPSA) is 50.9 Å². The number of pyridine rings is 1. The number of benzene rings is 1. The Bertz CT molecular complexity index is 534. The summed E-state index contributed by atoms with van der Waals surface area (Å²) in [5, 5.41) is 4.52. The maximum Gasteiger partial charge on any atom is 0.126 e. The van der Waals surface area contributed by atoms with Gasteiger partial charge in [-0.1, -0.05) is 13.8 Å². The van der Waals surface area contributed by atoms with E-state index in [1.807, 2.05) is 24.3 Å². The highest BCUT2D eigenvalue weighted by molar-refractivity contribution is 5.83. The van der Waals surface area contributed by atoms with Gasteiger partial charge in [0.1, 0.15) is 5.82 Å². The summed E-state index contributed by atoms with van der Waals surface area (Å²) in [6.45, 7) is 6.65. The lowest BCUT2D eigenvalue weighted by Gasteiger charge is -2.16. The Morgan fingerprint density at radius 3 is 2.67 bits per heavy atom. The molecule has 0 saturated carbocycles. The van der Waals surface area contributed by atoms with E-state index in [-0.39, 0.29) is 0 Å². The highest BCUT2D eigenvalue weighted by Crippen LogP contribution is 2.19. The summed E-state index contributed by atoms with van der Waals surface area (Å²) in [5.41, 5.74) is 7.51. The van der Waals surface area contributed by atoms with E-state index < -0.39 is 0 Å². The van der Waals surface area contributed by atoms with Crippen LogP contribution >= 0.6 is 0 Å². The number of hydrogen-bond acceptors (Lipinski definition) is 3. The van der Waals surface area contributed by atoms with Crippen molar-refractivity contribution < 1.29 is 0 Å². The van der Waals surface area contributed by atoms with Crippen LogP contribution in [-0.2, 0) is 0 Å². The summed E-state index contributed by atoms with van der Waals surface area (Å²) < 4.78 is 0. The van der Waals surface area contributed by atoms with E-state index in [0.29, 0.717) is 12.0 Å². The zero-order chi connectivity index (χ0) is 13.1. The van der Waals surface area contributed by atoms with Crippen molar-refractivity contribution in [2.75, 3.05) is 11.1 Å². The van der Waals surface area contributed by atoms with Crippen LogP contribution in [0.2, 0.25) is 0 Å². The molecule has 1 heterocycles. The van der Waals surface area contributed by atoms with E-state index in [2.05, 4.69) is 37.1 Å². The van der Waals surface area contributed by atoms with Crippen molar-refractivity contribution in [2.45, 2.75) is 33.2 Å². The number of nitrogen functional groups attached to an aromatic ring is 1. The molecule has 0 radical (unpaired) electrons. The highest BCUT2D eigenvalue weighted by atomic mass is 15.0. The molecule has 0 aliphatic carbocycles. The van der Waals surface area contributed by atoms with Crippen LogP contribution in [0, 0.1) is 5.92 Å². The molecule has 3 nitrogen and oxygen atoms in total. The summed E-state index contributed by atoms with van der Waals surface area (Å²) in [5.74, 6) is 1.62. The van der Waals surface area contributed by atoms with Gasteiger partial charge in [0.2, 0.25) is 0 Å². The van der Waals surface area contributed by atoms with Gasteiger partial charge in [0.05, 0.1) is 5.52 Å². The van der Waals surface area contributed by atoms with Crippen LogP contribution in [0.15, 0.2) is 30.3 Å². The molecular weight excluding hydrogens is 222 g/mol. The quantitative estimate of drug-likeness (QED) is 0.806. The standard InChI is InChI=1S/C15H21N3/c1-10(2)8-11(3)17-15-7-4-12-9-13(16)5-6-14(12)18-15/h4-7,9-11H,8,16H2,1-3H3,(H,17,18). The monoisotopic (exact) mass is 243 g/mol. The molecule has 0 aliphatic rings. The molecule has 1 aromatic heterocycles. The summed E-state index contributed by atoms with van der Waals surface area (Å²) in [6.07, 6.45) is 1.14. The Hall–Kier alpha value is -1.77. The average Bonchev–Trinajstić information content (AvgIpc) is 2.28. The zero-order valence-electron chi connectivity index (χ0n) is 11.3. The van der Waals surface area contributed by atoms with Crippen molar-refractivity contribution in [2.24, 2.45) is 5.92 Å². The minimum absolute atomic E-state index is 0.434. The van der Waals surface area contributed by atoms with Crippen LogP contribution in [-0.4, -0.2) is 11.0 Å². The number of nitrogens with two attached hydrogens (primary N) is 1. The number of anilines is 2. The second-order valence-electron chi connectivity index (χ2n) is 5.32. The van der Waals surface area contributed by atoms with Crippen molar-refractivity contribution in [3.63, 3.8) is 0 Å². The fourth-order valence-electron chi connectivity index (χ4n) is 2.24. The van der Waals surface area contributed by atoms with Gasteiger partial charge >= 0.3 is 0 Å². The first kappa shape index (κ1) is 12.7. The molecule has 3 heteroatoms. The molecule has 0 fully saturated rings. The molecule has 3 N–H and O–H groups in total. The second-order valence-corrected chi connectivity index (χ2v) is 5.32. The first-order valence-electron chi connectivity index (χ1n) is 6.47. The number of aromatic nitrogens is 1. The lowest BCUT2D eigenvalue weighted by atomic mass is 10.1. The predicted octanol–water partition coefficient (Wildman–Crippen LogP) is 3.66. The molecule has 18 heavy (non-hydrogen) atoms. The molecule has 1 atom stereocenters. The zero-order valence-corrected chi connectivity index (χ0v) is 11.3. The van der Waals surface area contributed by atoms with Gasteiger partial charge < -0.3 is 11.1 Å². The van der Waals surface area contributed by atoms with Gasteiger partial charge in [0, 0.05) is 17.1 Å². The molecular formula is C15H21N3. The molecule has 1 unspecified atom stereocenters. The molecule has 0 saturated heterocycles. The Balaban J connectivity index is 2.17. The van der Waals surface area contributed by atoms with E-state index in [4.69, 9.17) is 5.73 Å². The molecule has 1 aromatic carbocycles. The van der Waals surface area contributed by atoms with Crippen LogP contribution in [0.4, 0.5) is 11.5 Å². The third kappa shape index (κ3) is 3.13. The largest absolute Gasteiger partial charge is 0.399 e. The lowest BCUT2D eigenvalue weighted by molar-refractivity contribution is 0.539. The minimum atomic E-state index is 0.434. The van der Waals surface area contributed by atoms with Gasteiger partial charge in [-0.05, 0) is 49.6 Å². The Morgan fingerprint density at radius 1 is 1.17 bits per heavy atom. The van der Waals surface area contributed by atoms with Gasteiger partial charge in [0.15, 0.2) is 0 Å². The maximum atomic E-state index is 5.75. The van der Waals surface area contributed by atoms with Gasteiger partial charge in [0.25, 0.3) is 0 Å². The van der Waals surface area contributed by atoms with Crippen LogP contribution in [0.1, 0.15) is 27.2 Å². The normalized spacial score (nSPS) is 12.9. The average molecular weight is 243 g/mol. The Morgan fingerprint density at radius 2 is 1.94 bits per heavy atom. The van der Waals surface area contributed by atoms with Gasteiger partial charge in [-0.3, -0.25) is 0 Å². The molecule has 0 aliphatic heterocycles. The van der Waals surface area contributed by atoms with E-state index in [0.717, 1.165) is 28.8 Å². The van der Waals surface area contributed by atoms with Crippen molar-refractivity contribution in [3.05, 3.63) is 30.3 Å². The number of nitrogens with zero attached hydrogens (tertiary/aromatic N) is 1. The van der Waals surface area contributed by atoms with Gasteiger partial charge in [-0.15, -0.1) is 0 Å². The van der Waals surface area contributed by atoms with Gasteiger partial charge in [-0.2, -0.15) is 0 Å². The van der Waals surface area contributed by atoms with Crippen molar-refractivity contribution >= 4 is 22.4 Å². The lowest BCUT2D eigenvalue weighted by Crippen LogP contribution is -2.18. The smallest absolute Gasteiger partial charge is 0.126 e. The molecule has 0 amide bonds. The van der Waals surface area contributed by atoms with Crippen LogP contribution in [0.25, 0.3) is 10.9 Å². The number of rotatable bonds is 4. The predicted molar refractivity (Wildman–Crippen MR) is 78.7 cm³/mol. The Labute approximate surface area is 108 Å². The molecule has 2 aromatic rings. The molecule has 0 bridgehead atoms. The number of nitrogens with one attached hydrogen (secondary N) is 1. The number of fused-ring (bicyclic) bond motifs is 1. The third-order valence-electron chi connectivity index (χ3n) is 2.93. The van der Waals surface area contributed by atoms with E-state index >= 15 is 0 Å². The van der Waals surface area contributed by atoms with Gasteiger partial charge in [-0.25, -0.2) is 4.98 Å². The van der Waals surface area contributed by atoms with Crippen LogP contribution in [0.5, 0.6) is 0 Å². The summed E-state index contributed by atoms with van der Waals surface area (Å²) in [6, 6.07) is 10.3. The fraction of sp³-hybridized carbons (Fsp3) is 0.400. The second kappa shape index (κ2) is 5.25. The SMILES string of the molecule is CC(C)CC(C)Nc1ccc2cc(N)ccc2n1. The maximum absolute atomic E-state index is 5.75. The highest BCUT2D eigenvalue weighted by Gasteiger charge is 2.06. The van der Waals surface area contributed by atoms with Crippen LogP contribution < -0.4 is 11.1 Å². The number of hydrogen-bond donors (Lipinski definition) is 2. The van der Waals surface area contributed by atoms with E-state index in [1.54, 1.807) is 0 Å². The van der Waals surface area contributed by atoms with E-state index in [1.165, 1.54) is 0 Å². The molecule has 2 rings (SSSR count).